The largest absolute Gasteiger partial charge is 0.465 e. The maximum absolute atomic E-state index is 11.6. The molecule has 0 aliphatic heterocycles. The third kappa shape index (κ3) is 2.42. The number of nitrogens with two attached hydrogens (primary N) is 1. The standard InChI is InChI=1S/C13H13N5O3/c1-2-20-10(19)7-18-12-8(6-15-18)11(16-13(14)17-12)9-4-3-5-21-9/h3-6H,2,7H2,1H3,(H2,14,16,17). The van der Waals surface area contributed by atoms with Gasteiger partial charge in [-0.3, -0.25) is 4.79 Å². The lowest BCUT2D eigenvalue weighted by molar-refractivity contribution is -0.143. The smallest absolute Gasteiger partial charge is 0.327 e. The molecule has 21 heavy (non-hydrogen) atoms. The highest BCUT2D eigenvalue weighted by atomic mass is 16.5. The normalized spacial score (nSPS) is 10.9. The first-order valence-corrected chi connectivity index (χ1v) is 6.37. The molecule has 0 saturated carbocycles. The van der Waals surface area contributed by atoms with Crippen molar-refractivity contribution in [1.29, 1.82) is 0 Å². The van der Waals surface area contributed by atoms with E-state index in [1.807, 2.05) is 0 Å². The lowest BCUT2D eigenvalue weighted by Gasteiger charge is -2.04. The van der Waals surface area contributed by atoms with Crippen molar-refractivity contribution in [3.63, 3.8) is 0 Å². The van der Waals surface area contributed by atoms with Gasteiger partial charge in [-0.05, 0) is 19.1 Å². The molecule has 0 bridgehead atoms. The van der Waals surface area contributed by atoms with Gasteiger partial charge in [-0.1, -0.05) is 0 Å². The number of carbonyl (C=O) groups excluding carboxylic acids is 1. The number of nitrogen functional groups attached to an aromatic ring is 1. The maximum atomic E-state index is 11.6. The lowest BCUT2D eigenvalue weighted by Crippen LogP contribution is -2.15. The number of carbonyl (C=O) groups is 1. The van der Waals surface area contributed by atoms with Crippen LogP contribution in [0.3, 0.4) is 0 Å². The van der Waals surface area contributed by atoms with Gasteiger partial charge in [0.05, 0.1) is 24.5 Å². The van der Waals surface area contributed by atoms with Gasteiger partial charge < -0.3 is 14.9 Å². The van der Waals surface area contributed by atoms with Crippen LogP contribution in [0, 0.1) is 0 Å². The number of nitrogens with zero attached hydrogens (tertiary/aromatic N) is 4. The van der Waals surface area contributed by atoms with Crippen molar-refractivity contribution in [2.45, 2.75) is 13.5 Å². The van der Waals surface area contributed by atoms with Gasteiger partial charge in [0.15, 0.2) is 11.4 Å². The fourth-order valence-corrected chi connectivity index (χ4v) is 2.02. The average Bonchev–Trinajstić information content (AvgIpc) is 3.09. The van der Waals surface area contributed by atoms with Crippen LogP contribution < -0.4 is 5.73 Å². The summed E-state index contributed by atoms with van der Waals surface area (Å²) in [7, 11) is 0. The summed E-state index contributed by atoms with van der Waals surface area (Å²) in [6.45, 7) is 2.02. The molecule has 0 aliphatic carbocycles. The number of rotatable bonds is 4. The second kappa shape index (κ2) is 5.23. The number of anilines is 1. The number of esters is 1. The van der Waals surface area contributed by atoms with Crippen molar-refractivity contribution < 1.29 is 13.9 Å². The zero-order valence-corrected chi connectivity index (χ0v) is 11.3. The fraction of sp³-hybridized carbons (Fsp3) is 0.231. The molecule has 0 aliphatic rings. The summed E-state index contributed by atoms with van der Waals surface area (Å²) in [5.74, 6) is 0.253. The monoisotopic (exact) mass is 287 g/mol. The molecular weight excluding hydrogens is 274 g/mol. The van der Waals surface area contributed by atoms with E-state index in [0.29, 0.717) is 29.1 Å². The van der Waals surface area contributed by atoms with Gasteiger partial charge >= 0.3 is 5.97 Å². The number of hydrogen-bond acceptors (Lipinski definition) is 7. The SMILES string of the molecule is CCOC(=O)Cn1ncc2c(-c3ccco3)nc(N)nc21. The molecule has 0 aromatic carbocycles. The molecule has 0 unspecified atom stereocenters. The Kier molecular flexibility index (Phi) is 3.27. The number of aromatic nitrogens is 4. The molecule has 0 saturated heterocycles. The first kappa shape index (κ1) is 13.1. The van der Waals surface area contributed by atoms with E-state index in [-0.39, 0.29) is 18.5 Å². The van der Waals surface area contributed by atoms with Crippen LogP contribution in [0.4, 0.5) is 5.95 Å². The molecule has 0 radical (unpaired) electrons. The van der Waals surface area contributed by atoms with Gasteiger partial charge in [-0.15, -0.1) is 0 Å². The van der Waals surface area contributed by atoms with Crippen LogP contribution in [0.2, 0.25) is 0 Å². The Morgan fingerprint density at radius 1 is 1.48 bits per heavy atom. The van der Waals surface area contributed by atoms with Crippen LogP contribution in [0.1, 0.15) is 6.92 Å². The molecule has 0 fully saturated rings. The third-order valence-corrected chi connectivity index (χ3v) is 2.85. The van der Waals surface area contributed by atoms with E-state index in [9.17, 15) is 4.79 Å². The van der Waals surface area contributed by atoms with Gasteiger partial charge in [0, 0.05) is 0 Å². The average molecular weight is 287 g/mol. The quantitative estimate of drug-likeness (QED) is 0.719. The van der Waals surface area contributed by atoms with Gasteiger partial charge in [0.25, 0.3) is 0 Å². The van der Waals surface area contributed by atoms with Gasteiger partial charge in [-0.2, -0.15) is 10.1 Å². The van der Waals surface area contributed by atoms with Crippen LogP contribution in [-0.2, 0) is 16.1 Å². The van der Waals surface area contributed by atoms with E-state index in [1.54, 1.807) is 31.5 Å². The van der Waals surface area contributed by atoms with Crippen LogP contribution in [-0.4, -0.2) is 32.3 Å². The zero-order valence-electron chi connectivity index (χ0n) is 11.3. The molecule has 0 atom stereocenters. The van der Waals surface area contributed by atoms with Crippen LogP contribution in [0.25, 0.3) is 22.5 Å². The van der Waals surface area contributed by atoms with E-state index in [0.717, 1.165) is 0 Å². The minimum Gasteiger partial charge on any atom is -0.465 e. The molecule has 8 nitrogen and oxygen atoms in total. The molecule has 8 heteroatoms. The summed E-state index contributed by atoms with van der Waals surface area (Å²) >= 11 is 0. The van der Waals surface area contributed by atoms with Crippen LogP contribution in [0.15, 0.2) is 29.0 Å². The van der Waals surface area contributed by atoms with Gasteiger partial charge in [-0.25, -0.2) is 9.67 Å². The fourth-order valence-electron chi connectivity index (χ4n) is 2.02. The Morgan fingerprint density at radius 3 is 3.05 bits per heavy atom. The Morgan fingerprint density at radius 2 is 2.33 bits per heavy atom. The molecule has 2 N–H and O–H groups in total. The van der Waals surface area contributed by atoms with Crippen LogP contribution >= 0.6 is 0 Å². The predicted molar refractivity (Wildman–Crippen MR) is 74.1 cm³/mol. The lowest BCUT2D eigenvalue weighted by atomic mass is 10.2. The second-order valence-electron chi connectivity index (χ2n) is 4.25. The molecular formula is C13H13N5O3. The summed E-state index contributed by atoms with van der Waals surface area (Å²) in [6, 6.07) is 3.52. The summed E-state index contributed by atoms with van der Waals surface area (Å²) < 4.78 is 11.7. The minimum atomic E-state index is -0.390. The molecule has 3 aromatic heterocycles. The van der Waals surface area contributed by atoms with Crippen molar-refractivity contribution in [3.05, 3.63) is 24.6 Å². The Labute approximate surface area is 119 Å². The predicted octanol–water partition coefficient (Wildman–Crippen LogP) is 1.23. The second-order valence-corrected chi connectivity index (χ2v) is 4.25. The van der Waals surface area contributed by atoms with E-state index in [1.165, 1.54) is 4.68 Å². The number of hydrogen-bond donors (Lipinski definition) is 1. The van der Waals surface area contributed by atoms with Crippen molar-refractivity contribution >= 4 is 23.0 Å². The highest BCUT2D eigenvalue weighted by Crippen LogP contribution is 2.26. The molecule has 0 spiro atoms. The first-order chi connectivity index (χ1) is 10.2. The highest BCUT2D eigenvalue weighted by molar-refractivity contribution is 5.90. The summed E-state index contributed by atoms with van der Waals surface area (Å²) in [5, 5.41) is 4.80. The van der Waals surface area contributed by atoms with E-state index < -0.39 is 0 Å². The number of ether oxygens (including phenoxy) is 1. The maximum Gasteiger partial charge on any atom is 0.327 e. The summed E-state index contributed by atoms with van der Waals surface area (Å²) in [4.78, 5) is 19.9. The van der Waals surface area contributed by atoms with Gasteiger partial charge in [0.2, 0.25) is 5.95 Å². The van der Waals surface area contributed by atoms with Crippen LogP contribution in [0.5, 0.6) is 0 Å². The molecule has 3 rings (SSSR count). The van der Waals surface area contributed by atoms with E-state index in [2.05, 4.69) is 15.1 Å². The molecule has 108 valence electrons. The molecule has 3 heterocycles. The minimum absolute atomic E-state index is 0.0363. The number of fused-ring (bicyclic) bond motifs is 1. The summed E-state index contributed by atoms with van der Waals surface area (Å²) in [5.41, 5.74) is 6.73. The van der Waals surface area contributed by atoms with Crippen molar-refractivity contribution in [3.8, 4) is 11.5 Å². The van der Waals surface area contributed by atoms with Crippen molar-refractivity contribution in [2.75, 3.05) is 12.3 Å². The Hall–Kier alpha value is -2.90. The number of furan rings is 1. The van der Waals surface area contributed by atoms with E-state index >= 15 is 0 Å². The summed E-state index contributed by atoms with van der Waals surface area (Å²) in [6.07, 6.45) is 3.12. The molecule has 3 aromatic rings. The van der Waals surface area contributed by atoms with E-state index in [4.69, 9.17) is 14.9 Å². The zero-order chi connectivity index (χ0) is 14.8. The highest BCUT2D eigenvalue weighted by Gasteiger charge is 2.16. The molecule has 0 amide bonds. The van der Waals surface area contributed by atoms with Crippen molar-refractivity contribution in [1.82, 2.24) is 19.7 Å². The van der Waals surface area contributed by atoms with Gasteiger partial charge in [0.1, 0.15) is 12.2 Å². The Bertz CT molecular complexity index is 779. The third-order valence-electron chi connectivity index (χ3n) is 2.85. The Balaban J connectivity index is 2.08. The van der Waals surface area contributed by atoms with Crippen molar-refractivity contribution in [2.24, 2.45) is 0 Å². The topological polar surface area (TPSA) is 109 Å². The first-order valence-electron chi connectivity index (χ1n) is 6.37.